The third-order valence-electron chi connectivity index (χ3n) is 5.98. The van der Waals surface area contributed by atoms with Crippen molar-refractivity contribution in [1.82, 2.24) is 9.29 Å². The number of hydrogen-bond donors (Lipinski definition) is 0. The number of nitrogens with zero attached hydrogens (tertiary/aromatic N) is 3. The van der Waals surface area contributed by atoms with Gasteiger partial charge in [-0.1, -0.05) is 19.3 Å². The van der Waals surface area contributed by atoms with Crippen LogP contribution in [0.4, 0.5) is 5.82 Å². The Kier molecular flexibility index (Phi) is 4.52. The molecular formula is C18H27N3O2S. The first kappa shape index (κ1) is 16.3. The Hall–Kier alpha value is -1.14. The van der Waals surface area contributed by atoms with Crippen molar-refractivity contribution >= 4 is 15.8 Å². The van der Waals surface area contributed by atoms with E-state index in [0.29, 0.717) is 24.0 Å². The van der Waals surface area contributed by atoms with Gasteiger partial charge < -0.3 is 4.90 Å². The zero-order valence-electron chi connectivity index (χ0n) is 14.2. The lowest BCUT2D eigenvalue weighted by Crippen LogP contribution is -2.36. The van der Waals surface area contributed by atoms with Crippen molar-refractivity contribution < 1.29 is 8.42 Å². The number of hydrogen-bond acceptors (Lipinski definition) is 4. The van der Waals surface area contributed by atoms with Crippen molar-refractivity contribution in [2.45, 2.75) is 62.3 Å². The fraction of sp³-hybridized carbons (Fsp3) is 0.722. The molecule has 2 saturated heterocycles. The van der Waals surface area contributed by atoms with Crippen molar-refractivity contribution in [2.75, 3.05) is 24.5 Å². The van der Waals surface area contributed by atoms with Gasteiger partial charge in [0, 0.05) is 31.9 Å². The van der Waals surface area contributed by atoms with Crippen LogP contribution in [0.1, 0.15) is 51.4 Å². The van der Waals surface area contributed by atoms with Crippen LogP contribution in [0.3, 0.4) is 0 Å². The fourth-order valence-electron chi connectivity index (χ4n) is 4.64. The van der Waals surface area contributed by atoms with Crippen molar-refractivity contribution in [1.29, 1.82) is 0 Å². The lowest BCUT2D eigenvalue weighted by atomic mass is 9.85. The number of pyridine rings is 1. The van der Waals surface area contributed by atoms with Crippen LogP contribution >= 0.6 is 0 Å². The quantitative estimate of drug-likeness (QED) is 0.842. The van der Waals surface area contributed by atoms with E-state index in [9.17, 15) is 8.42 Å². The molecule has 3 aliphatic rings. The lowest BCUT2D eigenvalue weighted by molar-refractivity contribution is 0.341. The Morgan fingerprint density at radius 2 is 1.71 bits per heavy atom. The lowest BCUT2D eigenvalue weighted by Gasteiger charge is -2.32. The maximum absolute atomic E-state index is 12.7. The minimum Gasteiger partial charge on any atom is -0.353 e. The molecule has 2 unspecified atom stereocenters. The Labute approximate surface area is 145 Å². The molecule has 24 heavy (non-hydrogen) atoms. The second-order valence-electron chi connectivity index (χ2n) is 7.41. The first-order valence-electron chi connectivity index (χ1n) is 9.39. The summed E-state index contributed by atoms with van der Waals surface area (Å²) in [7, 11) is -3.37. The first-order valence-corrected chi connectivity index (χ1v) is 10.8. The third kappa shape index (κ3) is 2.94. The van der Waals surface area contributed by atoms with Crippen LogP contribution < -0.4 is 4.90 Å². The van der Waals surface area contributed by atoms with E-state index in [1.165, 1.54) is 32.1 Å². The number of fused-ring (bicyclic) bond motifs is 1. The highest BCUT2D eigenvalue weighted by Gasteiger charge is 2.36. The molecule has 0 radical (unpaired) electrons. The van der Waals surface area contributed by atoms with Gasteiger partial charge in [0.15, 0.2) is 0 Å². The topological polar surface area (TPSA) is 53.5 Å². The van der Waals surface area contributed by atoms with Crippen molar-refractivity contribution in [3.05, 3.63) is 18.3 Å². The van der Waals surface area contributed by atoms with Gasteiger partial charge in [-0.15, -0.1) is 0 Å². The zero-order chi connectivity index (χ0) is 16.6. The van der Waals surface area contributed by atoms with E-state index < -0.39 is 10.0 Å². The van der Waals surface area contributed by atoms with Gasteiger partial charge in [0.25, 0.3) is 0 Å². The average Bonchev–Trinajstić information content (AvgIpc) is 3.07. The van der Waals surface area contributed by atoms with Crippen molar-refractivity contribution in [3.63, 3.8) is 0 Å². The standard InChI is InChI=1S/C18H27N3O2S/c22-24(23,20-11-4-1-5-12-20)16-8-9-18(19-14-16)21-13-10-15-6-2-3-7-17(15)21/h8-9,14-15,17H,1-7,10-13H2. The van der Waals surface area contributed by atoms with Crippen LogP contribution in [0.25, 0.3) is 0 Å². The maximum atomic E-state index is 12.7. The molecule has 3 fully saturated rings. The number of piperidine rings is 1. The maximum Gasteiger partial charge on any atom is 0.244 e. The molecule has 0 spiro atoms. The number of anilines is 1. The van der Waals surface area contributed by atoms with Gasteiger partial charge in [-0.05, 0) is 50.2 Å². The summed E-state index contributed by atoms with van der Waals surface area (Å²) >= 11 is 0. The third-order valence-corrected chi connectivity index (χ3v) is 7.86. The molecule has 3 heterocycles. The van der Waals surface area contributed by atoms with Gasteiger partial charge in [-0.3, -0.25) is 0 Å². The van der Waals surface area contributed by atoms with E-state index in [1.54, 1.807) is 16.6 Å². The van der Waals surface area contributed by atoms with Crippen LogP contribution in [-0.2, 0) is 10.0 Å². The van der Waals surface area contributed by atoms with Gasteiger partial charge in [-0.25, -0.2) is 13.4 Å². The second kappa shape index (κ2) is 6.64. The zero-order valence-corrected chi connectivity index (χ0v) is 15.0. The molecule has 4 rings (SSSR count). The van der Waals surface area contributed by atoms with Gasteiger partial charge in [0.2, 0.25) is 10.0 Å². The van der Waals surface area contributed by atoms with Crippen molar-refractivity contribution in [2.24, 2.45) is 5.92 Å². The van der Waals surface area contributed by atoms with E-state index in [1.807, 2.05) is 6.07 Å². The predicted octanol–water partition coefficient (Wildman–Crippen LogP) is 3.03. The number of aromatic nitrogens is 1. The summed E-state index contributed by atoms with van der Waals surface area (Å²) in [6, 6.07) is 4.27. The van der Waals surface area contributed by atoms with Crippen molar-refractivity contribution in [3.8, 4) is 0 Å². The van der Waals surface area contributed by atoms with E-state index in [2.05, 4.69) is 9.88 Å². The molecule has 2 aliphatic heterocycles. The van der Waals surface area contributed by atoms with Crippen LogP contribution in [-0.4, -0.2) is 43.4 Å². The molecule has 132 valence electrons. The highest BCUT2D eigenvalue weighted by molar-refractivity contribution is 7.89. The molecule has 1 aromatic heterocycles. The highest BCUT2D eigenvalue weighted by Crippen LogP contribution is 2.38. The fourth-order valence-corrected chi connectivity index (χ4v) is 6.10. The van der Waals surface area contributed by atoms with Crippen LogP contribution in [0.2, 0.25) is 0 Å². The summed E-state index contributed by atoms with van der Waals surface area (Å²) in [5.74, 6) is 1.75. The second-order valence-corrected chi connectivity index (χ2v) is 9.35. The number of rotatable bonds is 3. The molecule has 1 aliphatic carbocycles. The van der Waals surface area contributed by atoms with Gasteiger partial charge >= 0.3 is 0 Å². The summed E-state index contributed by atoms with van der Waals surface area (Å²) in [4.78, 5) is 7.28. The van der Waals surface area contributed by atoms with E-state index in [-0.39, 0.29) is 0 Å². The smallest absolute Gasteiger partial charge is 0.244 e. The highest BCUT2D eigenvalue weighted by atomic mass is 32.2. The molecule has 0 N–H and O–H groups in total. The summed E-state index contributed by atoms with van der Waals surface area (Å²) < 4.78 is 27.1. The Morgan fingerprint density at radius 3 is 2.46 bits per heavy atom. The molecule has 2 atom stereocenters. The summed E-state index contributed by atoms with van der Waals surface area (Å²) in [5, 5.41) is 0. The van der Waals surface area contributed by atoms with Crippen LogP contribution in [0.15, 0.2) is 23.2 Å². The van der Waals surface area contributed by atoms with Gasteiger partial charge in [0.05, 0.1) is 0 Å². The van der Waals surface area contributed by atoms with Crippen LogP contribution in [0.5, 0.6) is 0 Å². The largest absolute Gasteiger partial charge is 0.353 e. The van der Waals surface area contributed by atoms with Crippen LogP contribution in [0, 0.1) is 5.92 Å². The van der Waals surface area contributed by atoms with Gasteiger partial charge in [0.1, 0.15) is 10.7 Å². The molecule has 1 saturated carbocycles. The first-order chi connectivity index (χ1) is 11.7. The normalized spacial score (nSPS) is 28.8. The molecule has 5 nitrogen and oxygen atoms in total. The molecule has 0 aromatic carbocycles. The Morgan fingerprint density at radius 1 is 0.917 bits per heavy atom. The summed E-state index contributed by atoms with van der Waals surface area (Å²) in [6.07, 6.45) is 11.1. The molecule has 1 aromatic rings. The molecule has 6 heteroatoms. The minimum atomic E-state index is -3.37. The van der Waals surface area contributed by atoms with E-state index in [0.717, 1.165) is 37.5 Å². The average molecular weight is 350 g/mol. The summed E-state index contributed by atoms with van der Waals surface area (Å²) in [5.41, 5.74) is 0. The summed E-state index contributed by atoms with van der Waals surface area (Å²) in [6.45, 7) is 2.33. The molecule has 0 bridgehead atoms. The molecular weight excluding hydrogens is 322 g/mol. The minimum absolute atomic E-state index is 0.340. The Balaban J connectivity index is 1.52. The predicted molar refractivity (Wildman–Crippen MR) is 94.6 cm³/mol. The number of sulfonamides is 1. The molecule has 0 amide bonds. The van der Waals surface area contributed by atoms with Gasteiger partial charge in [-0.2, -0.15) is 4.31 Å². The Bertz CT molecular complexity index is 668. The van der Waals surface area contributed by atoms with E-state index in [4.69, 9.17) is 0 Å². The van der Waals surface area contributed by atoms with E-state index >= 15 is 0 Å². The SMILES string of the molecule is O=S(=O)(c1ccc(N2CCC3CCCCC32)nc1)N1CCCCC1. The monoisotopic (exact) mass is 349 g/mol.